The van der Waals surface area contributed by atoms with E-state index in [1.807, 2.05) is 31.2 Å². The number of methoxy groups -OCH3 is 1. The van der Waals surface area contributed by atoms with Gasteiger partial charge in [-0.05, 0) is 47.9 Å². The molecule has 0 saturated heterocycles. The standard InChI is InChI=1S/C20H20ClNO4/c1-3-17(14-5-7-15(24-2)8-6-14)22-19(23)9-4-13-10-16(21)20-18(11-13)25-12-26-20/h4-11,17H,3,12H2,1-2H3,(H,22,23)/b9-4+. The van der Waals surface area contributed by atoms with Crippen LogP contribution in [0.3, 0.4) is 0 Å². The number of rotatable bonds is 6. The Morgan fingerprint density at radius 2 is 2.08 bits per heavy atom. The lowest BCUT2D eigenvalue weighted by atomic mass is 10.0. The first kappa shape index (κ1) is 18.1. The fourth-order valence-electron chi connectivity index (χ4n) is 2.73. The number of benzene rings is 2. The molecule has 26 heavy (non-hydrogen) atoms. The minimum absolute atomic E-state index is 0.0709. The van der Waals surface area contributed by atoms with E-state index in [0.29, 0.717) is 16.5 Å². The van der Waals surface area contributed by atoms with Gasteiger partial charge < -0.3 is 19.5 Å². The smallest absolute Gasteiger partial charge is 0.244 e. The second-order valence-corrected chi connectivity index (χ2v) is 6.22. The van der Waals surface area contributed by atoms with Crippen molar-refractivity contribution < 1.29 is 19.0 Å². The fourth-order valence-corrected chi connectivity index (χ4v) is 3.01. The monoisotopic (exact) mass is 373 g/mol. The summed E-state index contributed by atoms with van der Waals surface area (Å²) in [6.45, 7) is 2.18. The molecule has 1 amide bonds. The maximum Gasteiger partial charge on any atom is 0.244 e. The highest BCUT2D eigenvalue weighted by molar-refractivity contribution is 6.32. The lowest BCUT2D eigenvalue weighted by molar-refractivity contribution is -0.117. The molecule has 0 bridgehead atoms. The van der Waals surface area contributed by atoms with Crippen LogP contribution in [0.1, 0.15) is 30.5 Å². The van der Waals surface area contributed by atoms with Crippen LogP contribution in [-0.4, -0.2) is 19.8 Å². The van der Waals surface area contributed by atoms with Crippen molar-refractivity contribution in [2.45, 2.75) is 19.4 Å². The Morgan fingerprint density at radius 1 is 1.31 bits per heavy atom. The van der Waals surface area contributed by atoms with Crippen molar-refractivity contribution in [2.75, 3.05) is 13.9 Å². The SMILES string of the molecule is CCC(NC(=O)/C=C/c1cc(Cl)c2c(c1)OCO2)c1ccc(OC)cc1. The summed E-state index contributed by atoms with van der Waals surface area (Å²) in [5.74, 6) is 1.73. The third-order valence-electron chi connectivity index (χ3n) is 4.12. The molecule has 0 saturated carbocycles. The fraction of sp³-hybridized carbons (Fsp3) is 0.250. The topological polar surface area (TPSA) is 56.8 Å². The van der Waals surface area contributed by atoms with Gasteiger partial charge in [0.25, 0.3) is 0 Å². The largest absolute Gasteiger partial charge is 0.497 e. The summed E-state index contributed by atoms with van der Waals surface area (Å²) in [5.41, 5.74) is 1.80. The highest BCUT2D eigenvalue weighted by atomic mass is 35.5. The average molecular weight is 374 g/mol. The zero-order chi connectivity index (χ0) is 18.5. The Hall–Kier alpha value is -2.66. The van der Waals surface area contributed by atoms with Crippen molar-refractivity contribution in [1.29, 1.82) is 0 Å². The summed E-state index contributed by atoms with van der Waals surface area (Å²) in [5, 5.41) is 3.46. The molecule has 1 aliphatic rings. The van der Waals surface area contributed by atoms with Crippen molar-refractivity contribution in [3.63, 3.8) is 0 Å². The van der Waals surface area contributed by atoms with E-state index in [-0.39, 0.29) is 18.7 Å². The third kappa shape index (κ3) is 4.11. The van der Waals surface area contributed by atoms with E-state index in [1.165, 1.54) is 6.08 Å². The van der Waals surface area contributed by atoms with E-state index in [9.17, 15) is 4.79 Å². The maximum atomic E-state index is 12.3. The first-order chi connectivity index (χ1) is 12.6. The van der Waals surface area contributed by atoms with Gasteiger partial charge in [-0.3, -0.25) is 4.79 Å². The van der Waals surface area contributed by atoms with Gasteiger partial charge in [0.2, 0.25) is 12.7 Å². The molecule has 1 unspecified atom stereocenters. The molecule has 0 radical (unpaired) electrons. The Labute approximate surface area is 157 Å². The molecule has 1 atom stereocenters. The number of carbonyl (C=O) groups is 1. The highest BCUT2D eigenvalue weighted by Crippen LogP contribution is 2.40. The number of fused-ring (bicyclic) bond motifs is 1. The summed E-state index contributed by atoms with van der Waals surface area (Å²) >= 11 is 6.15. The van der Waals surface area contributed by atoms with E-state index < -0.39 is 0 Å². The summed E-state index contributed by atoms with van der Waals surface area (Å²) in [6, 6.07) is 11.1. The van der Waals surface area contributed by atoms with Crippen molar-refractivity contribution in [1.82, 2.24) is 5.32 Å². The first-order valence-corrected chi connectivity index (χ1v) is 8.70. The van der Waals surface area contributed by atoms with E-state index in [4.69, 9.17) is 25.8 Å². The van der Waals surface area contributed by atoms with Crippen LogP contribution < -0.4 is 19.5 Å². The Bertz CT molecular complexity index is 817. The predicted molar refractivity (Wildman–Crippen MR) is 101 cm³/mol. The Balaban J connectivity index is 1.67. The second-order valence-electron chi connectivity index (χ2n) is 5.81. The van der Waals surface area contributed by atoms with E-state index in [1.54, 1.807) is 25.3 Å². The maximum absolute atomic E-state index is 12.3. The van der Waals surface area contributed by atoms with Crippen LogP contribution in [0.2, 0.25) is 5.02 Å². The molecule has 0 aliphatic carbocycles. The number of nitrogens with one attached hydrogen (secondary N) is 1. The average Bonchev–Trinajstić information content (AvgIpc) is 3.14. The molecule has 2 aromatic rings. The van der Waals surface area contributed by atoms with Gasteiger partial charge in [-0.15, -0.1) is 0 Å². The third-order valence-corrected chi connectivity index (χ3v) is 4.40. The molecule has 5 nitrogen and oxygen atoms in total. The number of hydrogen-bond donors (Lipinski definition) is 1. The van der Waals surface area contributed by atoms with Crippen molar-refractivity contribution in [2.24, 2.45) is 0 Å². The molecule has 0 spiro atoms. The number of halogens is 1. The predicted octanol–water partition coefficient (Wildman–Crippen LogP) is 4.36. The zero-order valence-corrected chi connectivity index (χ0v) is 15.4. The van der Waals surface area contributed by atoms with Crippen LogP contribution in [0.25, 0.3) is 6.08 Å². The summed E-state index contributed by atoms with van der Waals surface area (Å²) in [7, 11) is 1.63. The van der Waals surface area contributed by atoms with Gasteiger partial charge in [0.05, 0.1) is 18.2 Å². The molecular weight excluding hydrogens is 354 g/mol. The van der Waals surface area contributed by atoms with Crippen LogP contribution in [0.4, 0.5) is 0 Å². The molecular formula is C20H20ClNO4. The van der Waals surface area contributed by atoms with E-state index in [2.05, 4.69) is 5.32 Å². The first-order valence-electron chi connectivity index (χ1n) is 8.32. The number of carbonyl (C=O) groups excluding carboxylic acids is 1. The number of amides is 1. The van der Waals surface area contributed by atoms with Gasteiger partial charge in [0.15, 0.2) is 11.5 Å². The normalized spacial score (nSPS) is 13.7. The number of ether oxygens (including phenoxy) is 3. The van der Waals surface area contributed by atoms with E-state index in [0.717, 1.165) is 23.3 Å². The van der Waals surface area contributed by atoms with Gasteiger partial charge >= 0.3 is 0 Å². The second kappa shape index (κ2) is 8.15. The summed E-state index contributed by atoms with van der Waals surface area (Å²) < 4.78 is 15.8. The molecule has 1 aliphatic heterocycles. The summed E-state index contributed by atoms with van der Waals surface area (Å²) in [6.07, 6.45) is 3.96. The van der Waals surface area contributed by atoms with Crippen molar-refractivity contribution >= 4 is 23.6 Å². The van der Waals surface area contributed by atoms with Crippen LogP contribution in [0, 0.1) is 0 Å². The van der Waals surface area contributed by atoms with Gasteiger partial charge in [0.1, 0.15) is 5.75 Å². The molecule has 136 valence electrons. The molecule has 1 heterocycles. The Morgan fingerprint density at radius 3 is 2.77 bits per heavy atom. The van der Waals surface area contributed by atoms with Gasteiger partial charge in [-0.1, -0.05) is 30.7 Å². The number of hydrogen-bond acceptors (Lipinski definition) is 4. The van der Waals surface area contributed by atoms with E-state index >= 15 is 0 Å². The molecule has 1 N–H and O–H groups in total. The highest BCUT2D eigenvalue weighted by Gasteiger charge is 2.17. The molecule has 3 rings (SSSR count). The van der Waals surface area contributed by atoms with Crippen LogP contribution in [-0.2, 0) is 4.79 Å². The lowest BCUT2D eigenvalue weighted by Crippen LogP contribution is -2.26. The molecule has 0 fully saturated rings. The molecule has 2 aromatic carbocycles. The summed E-state index contributed by atoms with van der Waals surface area (Å²) in [4.78, 5) is 12.3. The zero-order valence-electron chi connectivity index (χ0n) is 14.6. The minimum atomic E-state index is -0.179. The lowest BCUT2D eigenvalue weighted by Gasteiger charge is -2.16. The quantitative estimate of drug-likeness (QED) is 0.764. The Kier molecular flexibility index (Phi) is 5.68. The van der Waals surface area contributed by atoms with Crippen LogP contribution in [0.15, 0.2) is 42.5 Å². The van der Waals surface area contributed by atoms with Crippen LogP contribution in [0.5, 0.6) is 17.2 Å². The van der Waals surface area contributed by atoms with Crippen LogP contribution >= 0.6 is 11.6 Å². The van der Waals surface area contributed by atoms with Gasteiger partial charge in [0, 0.05) is 6.08 Å². The van der Waals surface area contributed by atoms with Gasteiger partial charge in [-0.25, -0.2) is 0 Å². The van der Waals surface area contributed by atoms with Crippen molar-refractivity contribution in [3.05, 3.63) is 58.6 Å². The molecule has 0 aromatic heterocycles. The van der Waals surface area contributed by atoms with Gasteiger partial charge in [-0.2, -0.15) is 0 Å². The van der Waals surface area contributed by atoms with Crippen molar-refractivity contribution in [3.8, 4) is 17.2 Å². The minimum Gasteiger partial charge on any atom is -0.497 e. The molecule has 6 heteroatoms.